The zero-order valence-corrected chi connectivity index (χ0v) is 10.2. The molecule has 5 N–H and O–H groups in total. The van der Waals surface area contributed by atoms with Crippen molar-refractivity contribution in [3.8, 4) is 0 Å². The zero-order valence-electron chi connectivity index (χ0n) is 10.2. The van der Waals surface area contributed by atoms with E-state index in [4.69, 9.17) is 10.2 Å². The first-order chi connectivity index (χ1) is 8.34. The summed E-state index contributed by atoms with van der Waals surface area (Å²) in [6.45, 7) is 4.38. The first-order valence-corrected chi connectivity index (χ1v) is 5.53. The molecule has 0 aromatic carbocycles. The smallest absolute Gasteiger partial charge is 0.333 e. The van der Waals surface area contributed by atoms with Crippen LogP contribution in [0.5, 0.6) is 0 Å². The molecule has 0 bridgehead atoms. The van der Waals surface area contributed by atoms with E-state index < -0.39 is 37.0 Å². The molecule has 0 aliphatic carbocycles. The minimum Gasteiger partial charge on any atom is -0.463 e. The van der Waals surface area contributed by atoms with Crippen LogP contribution in [0.2, 0.25) is 0 Å². The first-order valence-electron chi connectivity index (χ1n) is 5.53. The van der Waals surface area contributed by atoms with Crippen LogP contribution in [-0.4, -0.2) is 69.1 Å². The predicted molar refractivity (Wildman–Crippen MR) is 61.5 cm³/mol. The second kappa shape index (κ2) is 8.17. The van der Waals surface area contributed by atoms with Crippen LogP contribution in [0.1, 0.15) is 13.3 Å². The number of hydrogen-bond donors (Lipinski definition) is 5. The van der Waals surface area contributed by atoms with Crippen molar-refractivity contribution in [1.82, 2.24) is 0 Å². The van der Waals surface area contributed by atoms with E-state index in [0.717, 1.165) is 0 Å². The van der Waals surface area contributed by atoms with Crippen molar-refractivity contribution >= 4 is 5.97 Å². The Hall–Kier alpha value is -0.990. The van der Waals surface area contributed by atoms with Crippen LogP contribution in [0.25, 0.3) is 0 Å². The lowest BCUT2D eigenvalue weighted by atomic mass is 9.98. The highest BCUT2D eigenvalue weighted by Gasteiger charge is 2.31. The van der Waals surface area contributed by atoms with Crippen LogP contribution in [0.4, 0.5) is 0 Å². The van der Waals surface area contributed by atoms with Gasteiger partial charge in [-0.2, -0.15) is 0 Å². The number of esters is 1. The van der Waals surface area contributed by atoms with Gasteiger partial charge in [0.05, 0.1) is 19.3 Å². The average Bonchev–Trinajstić information content (AvgIpc) is 2.35. The standard InChI is InChI=1S/C11H20O7/c1-3-18-11(17)6(2)4-7(13)9(15)10(16)8(14)5-12/h7-10,12-16H,2-5H2,1H3/t7-,8-,9-,10+/m1/s1. The number of hydrogen-bond acceptors (Lipinski definition) is 7. The molecule has 0 amide bonds. The molecular formula is C11H20O7. The van der Waals surface area contributed by atoms with Crippen molar-refractivity contribution in [2.75, 3.05) is 13.2 Å². The summed E-state index contributed by atoms with van der Waals surface area (Å²) >= 11 is 0. The minimum atomic E-state index is -1.72. The van der Waals surface area contributed by atoms with E-state index in [1.165, 1.54) is 0 Å². The largest absolute Gasteiger partial charge is 0.463 e. The second-order valence-corrected chi connectivity index (χ2v) is 3.83. The number of aliphatic hydroxyl groups is 5. The third kappa shape index (κ3) is 5.11. The Balaban J connectivity index is 4.35. The summed E-state index contributed by atoms with van der Waals surface area (Å²) in [5.41, 5.74) is -0.0610. The van der Waals surface area contributed by atoms with Crippen LogP contribution in [0, 0.1) is 0 Å². The second-order valence-electron chi connectivity index (χ2n) is 3.83. The van der Waals surface area contributed by atoms with Crippen LogP contribution < -0.4 is 0 Å². The average molecular weight is 264 g/mol. The lowest BCUT2D eigenvalue weighted by Gasteiger charge is -2.25. The maximum Gasteiger partial charge on any atom is 0.333 e. The van der Waals surface area contributed by atoms with Gasteiger partial charge < -0.3 is 30.3 Å². The summed E-state index contributed by atoms with van der Waals surface area (Å²) in [6, 6.07) is 0. The van der Waals surface area contributed by atoms with Gasteiger partial charge in [0.25, 0.3) is 0 Å². The summed E-state index contributed by atoms with van der Waals surface area (Å²) < 4.78 is 4.63. The van der Waals surface area contributed by atoms with Gasteiger partial charge in [-0.1, -0.05) is 6.58 Å². The number of rotatable bonds is 8. The van der Waals surface area contributed by atoms with Gasteiger partial charge in [0.1, 0.15) is 18.3 Å². The minimum absolute atomic E-state index is 0.0610. The Morgan fingerprint density at radius 2 is 1.67 bits per heavy atom. The fourth-order valence-electron chi connectivity index (χ4n) is 1.25. The van der Waals surface area contributed by atoms with Crippen molar-refractivity contribution in [2.24, 2.45) is 0 Å². The molecule has 18 heavy (non-hydrogen) atoms. The molecule has 0 unspecified atom stereocenters. The van der Waals surface area contributed by atoms with Gasteiger partial charge in [-0.25, -0.2) is 4.79 Å². The van der Waals surface area contributed by atoms with Crippen LogP contribution >= 0.6 is 0 Å². The highest BCUT2D eigenvalue weighted by molar-refractivity contribution is 5.87. The molecule has 7 nitrogen and oxygen atoms in total. The molecule has 0 saturated carbocycles. The Morgan fingerprint density at radius 1 is 1.17 bits per heavy atom. The highest BCUT2D eigenvalue weighted by atomic mass is 16.5. The topological polar surface area (TPSA) is 127 Å². The Bertz CT molecular complexity index is 279. The van der Waals surface area contributed by atoms with E-state index in [2.05, 4.69) is 11.3 Å². The monoisotopic (exact) mass is 264 g/mol. The van der Waals surface area contributed by atoms with E-state index >= 15 is 0 Å². The van der Waals surface area contributed by atoms with E-state index in [-0.39, 0.29) is 18.6 Å². The number of carbonyl (C=O) groups is 1. The molecule has 0 radical (unpaired) electrons. The lowest BCUT2D eigenvalue weighted by Crippen LogP contribution is -2.46. The Labute approximate surface area is 105 Å². The normalized spacial score (nSPS) is 17.7. The SMILES string of the molecule is C=C(C[C@@H](O)[C@@H](O)[C@@H](O)[C@H](O)CO)C(=O)OCC. The molecule has 4 atom stereocenters. The van der Waals surface area contributed by atoms with Crippen LogP contribution in [-0.2, 0) is 9.53 Å². The molecule has 0 aromatic rings. The van der Waals surface area contributed by atoms with E-state index in [0.29, 0.717) is 0 Å². The molecule has 0 aliphatic heterocycles. The molecule has 0 aliphatic rings. The van der Waals surface area contributed by atoms with Gasteiger partial charge in [-0.3, -0.25) is 0 Å². The van der Waals surface area contributed by atoms with Gasteiger partial charge in [-0.05, 0) is 6.92 Å². The Morgan fingerprint density at radius 3 is 2.11 bits per heavy atom. The molecule has 0 fully saturated rings. The third-order valence-corrected chi connectivity index (χ3v) is 2.35. The number of ether oxygens (including phenoxy) is 1. The van der Waals surface area contributed by atoms with Crippen molar-refractivity contribution in [2.45, 2.75) is 37.8 Å². The first kappa shape index (κ1) is 17.0. The maximum absolute atomic E-state index is 11.2. The van der Waals surface area contributed by atoms with Gasteiger partial charge in [0.2, 0.25) is 0 Å². The van der Waals surface area contributed by atoms with Gasteiger partial charge in [0.15, 0.2) is 0 Å². The molecule has 7 heteroatoms. The summed E-state index contributed by atoms with van der Waals surface area (Å²) in [6.07, 6.45) is -6.82. The maximum atomic E-state index is 11.2. The van der Waals surface area contributed by atoms with Gasteiger partial charge in [-0.15, -0.1) is 0 Å². The molecule has 106 valence electrons. The Kier molecular flexibility index (Phi) is 7.72. The lowest BCUT2D eigenvalue weighted by molar-refractivity contribution is -0.140. The molecule has 0 heterocycles. The number of aliphatic hydroxyl groups excluding tert-OH is 5. The van der Waals surface area contributed by atoms with Crippen LogP contribution in [0.3, 0.4) is 0 Å². The summed E-state index contributed by atoms with van der Waals surface area (Å²) in [4.78, 5) is 11.2. The quantitative estimate of drug-likeness (QED) is 0.252. The van der Waals surface area contributed by atoms with Crippen molar-refractivity contribution < 1.29 is 35.1 Å². The van der Waals surface area contributed by atoms with Crippen molar-refractivity contribution in [1.29, 1.82) is 0 Å². The van der Waals surface area contributed by atoms with E-state index in [1.54, 1.807) is 6.92 Å². The van der Waals surface area contributed by atoms with Gasteiger partial charge >= 0.3 is 5.97 Å². The summed E-state index contributed by atoms with van der Waals surface area (Å²) in [5.74, 6) is -0.707. The summed E-state index contributed by atoms with van der Waals surface area (Å²) in [5, 5.41) is 46.0. The fraction of sp³-hybridized carbons (Fsp3) is 0.727. The van der Waals surface area contributed by atoms with Crippen molar-refractivity contribution in [3.05, 3.63) is 12.2 Å². The van der Waals surface area contributed by atoms with E-state index in [1.807, 2.05) is 0 Å². The third-order valence-electron chi connectivity index (χ3n) is 2.35. The highest BCUT2D eigenvalue weighted by Crippen LogP contribution is 2.13. The molecule has 0 aromatic heterocycles. The van der Waals surface area contributed by atoms with Gasteiger partial charge in [0, 0.05) is 12.0 Å². The predicted octanol–water partition coefficient (Wildman–Crippen LogP) is -2.07. The van der Waals surface area contributed by atoms with Crippen molar-refractivity contribution in [3.63, 3.8) is 0 Å². The zero-order chi connectivity index (χ0) is 14.3. The summed E-state index contributed by atoms with van der Waals surface area (Å²) in [7, 11) is 0. The van der Waals surface area contributed by atoms with E-state index in [9.17, 15) is 20.1 Å². The van der Waals surface area contributed by atoms with Crippen LogP contribution in [0.15, 0.2) is 12.2 Å². The fourth-order valence-corrected chi connectivity index (χ4v) is 1.25. The number of carbonyl (C=O) groups excluding carboxylic acids is 1. The molecule has 0 rings (SSSR count). The molecule has 0 spiro atoms. The molecule has 0 saturated heterocycles. The molecular weight excluding hydrogens is 244 g/mol.